The first kappa shape index (κ1) is 13.5. The molecule has 1 fully saturated rings. The summed E-state index contributed by atoms with van der Waals surface area (Å²) in [6.45, 7) is 1.47. The average Bonchev–Trinajstić information content (AvgIpc) is 2.92. The summed E-state index contributed by atoms with van der Waals surface area (Å²) in [5.41, 5.74) is 6.08. The van der Waals surface area contributed by atoms with Crippen LogP contribution in [0.2, 0.25) is 0 Å². The average molecular weight is 269 g/mol. The van der Waals surface area contributed by atoms with Crippen molar-refractivity contribution in [1.29, 1.82) is 0 Å². The normalized spacial score (nSPS) is 22.7. The van der Waals surface area contributed by atoms with E-state index in [1.165, 1.54) is 0 Å². The van der Waals surface area contributed by atoms with Gasteiger partial charge >= 0.3 is 0 Å². The van der Waals surface area contributed by atoms with Crippen molar-refractivity contribution in [3.05, 3.63) is 24.3 Å². The van der Waals surface area contributed by atoms with Crippen LogP contribution in [-0.4, -0.2) is 36.3 Å². The monoisotopic (exact) mass is 269 g/mol. The molecule has 3 unspecified atom stereocenters. The van der Waals surface area contributed by atoms with Crippen molar-refractivity contribution < 1.29 is 13.7 Å². The summed E-state index contributed by atoms with van der Waals surface area (Å²) in [5.74, 6) is 1.59. The summed E-state index contributed by atoms with van der Waals surface area (Å²) in [7, 11) is 0.557. The van der Waals surface area contributed by atoms with E-state index in [0.29, 0.717) is 18.3 Å². The Morgan fingerprint density at radius 3 is 2.78 bits per heavy atom. The Kier molecular flexibility index (Phi) is 4.74. The van der Waals surface area contributed by atoms with Crippen molar-refractivity contribution in [3.8, 4) is 5.75 Å². The van der Waals surface area contributed by atoms with Crippen molar-refractivity contribution in [2.75, 3.05) is 26.1 Å². The van der Waals surface area contributed by atoms with E-state index in [-0.39, 0.29) is 6.04 Å². The molecule has 0 radical (unpaired) electrons. The quantitative estimate of drug-likeness (QED) is 0.871. The molecule has 1 heterocycles. The number of benzene rings is 1. The van der Waals surface area contributed by atoms with Crippen LogP contribution in [0.15, 0.2) is 29.2 Å². The maximum Gasteiger partial charge on any atom is 0.118 e. The van der Waals surface area contributed by atoms with Gasteiger partial charge in [0.1, 0.15) is 5.75 Å². The fourth-order valence-electron chi connectivity index (χ4n) is 2.03. The molecule has 0 spiro atoms. The van der Waals surface area contributed by atoms with Gasteiger partial charge in [-0.25, -0.2) is 0 Å². The minimum absolute atomic E-state index is 0.0598. The van der Waals surface area contributed by atoms with Gasteiger partial charge in [-0.1, -0.05) is 0 Å². The van der Waals surface area contributed by atoms with Crippen molar-refractivity contribution in [3.63, 3.8) is 0 Å². The highest BCUT2D eigenvalue weighted by atomic mass is 32.2. The minimum Gasteiger partial charge on any atom is -0.497 e. The third-order valence-corrected chi connectivity index (χ3v) is 4.72. The molecular weight excluding hydrogens is 250 g/mol. The van der Waals surface area contributed by atoms with E-state index in [9.17, 15) is 4.21 Å². The largest absolute Gasteiger partial charge is 0.497 e. The fourth-order valence-corrected chi connectivity index (χ4v) is 3.28. The second-order valence-corrected chi connectivity index (χ2v) is 5.97. The smallest absolute Gasteiger partial charge is 0.118 e. The third kappa shape index (κ3) is 3.31. The zero-order valence-electron chi connectivity index (χ0n) is 10.5. The van der Waals surface area contributed by atoms with E-state index in [1.54, 1.807) is 7.11 Å². The molecule has 1 aromatic carbocycles. The van der Waals surface area contributed by atoms with Gasteiger partial charge in [-0.15, -0.1) is 0 Å². The predicted molar refractivity (Wildman–Crippen MR) is 71.2 cm³/mol. The summed E-state index contributed by atoms with van der Waals surface area (Å²) in [6, 6.07) is 7.23. The van der Waals surface area contributed by atoms with Crippen molar-refractivity contribution in [1.82, 2.24) is 0 Å². The molecule has 1 aliphatic heterocycles. The molecular formula is C13H19NO3S. The summed E-state index contributed by atoms with van der Waals surface area (Å²) in [4.78, 5) is 0.796. The molecule has 4 nitrogen and oxygen atoms in total. The van der Waals surface area contributed by atoms with E-state index >= 15 is 0 Å². The van der Waals surface area contributed by atoms with Gasteiger partial charge in [-0.3, -0.25) is 4.21 Å². The van der Waals surface area contributed by atoms with E-state index in [1.807, 2.05) is 24.3 Å². The van der Waals surface area contributed by atoms with Gasteiger partial charge in [0.25, 0.3) is 0 Å². The molecule has 0 bridgehead atoms. The van der Waals surface area contributed by atoms with E-state index in [2.05, 4.69) is 0 Å². The minimum atomic E-state index is -1.06. The topological polar surface area (TPSA) is 61.5 Å². The summed E-state index contributed by atoms with van der Waals surface area (Å²) < 4.78 is 22.5. The second kappa shape index (κ2) is 6.31. The molecule has 1 saturated heterocycles. The first-order valence-corrected chi connectivity index (χ1v) is 7.38. The summed E-state index contributed by atoms with van der Waals surface area (Å²) in [5, 5.41) is 0. The summed E-state index contributed by atoms with van der Waals surface area (Å²) >= 11 is 0. The maximum absolute atomic E-state index is 12.2. The highest BCUT2D eigenvalue weighted by molar-refractivity contribution is 7.85. The van der Waals surface area contributed by atoms with Crippen molar-refractivity contribution in [2.45, 2.75) is 17.4 Å². The highest BCUT2D eigenvalue weighted by Gasteiger charge is 2.24. The van der Waals surface area contributed by atoms with E-state index in [4.69, 9.17) is 15.2 Å². The number of nitrogens with two attached hydrogens (primary N) is 1. The van der Waals surface area contributed by atoms with Gasteiger partial charge in [-0.2, -0.15) is 0 Å². The molecule has 5 heteroatoms. The molecule has 0 amide bonds. The fraction of sp³-hybridized carbons (Fsp3) is 0.538. The first-order chi connectivity index (χ1) is 8.70. The van der Waals surface area contributed by atoms with Crippen LogP contribution < -0.4 is 10.5 Å². The van der Waals surface area contributed by atoms with Crippen LogP contribution >= 0.6 is 0 Å². The Balaban J connectivity index is 1.93. The Hall–Kier alpha value is -0.910. The maximum atomic E-state index is 12.2. The van der Waals surface area contributed by atoms with Crippen LogP contribution in [-0.2, 0) is 15.5 Å². The van der Waals surface area contributed by atoms with Gasteiger partial charge < -0.3 is 15.2 Å². The molecule has 2 rings (SSSR count). The molecule has 0 saturated carbocycles. The molecule has 1 aromatic rings. The van der Waals surface area contributed by atoms with Crippen LogP contribution in [0.1, 0.15) is 6.42 Å². The van der Waals surface area contributed by atoms with Crippen LogP contribution in [0.25, 0.3) is 0 Å². The van der Waals surface area contributed by atoms with Crippen molar-refractivity contribution >= 4 is 10.8 Å². The predicted octanol–water partition coefficient (Wildman–Crippen LogP) is 1.17. The molecule has 100 valence electrons. The van der Waals surface area contributed by atoms with Gasteiger partial charge in [0.15, 0.2) is 0 Å². The lowest BCUT2D eigenvalue weighted by atomic mass is 10.0. The first-order valence-electron chi connectivity index (χ1n) is 6.06. The van der Waals surface area contributed by atoms with Gasteiger partial charge in [-0.05, 0) is 30.7 Å². The number of methoxy groups -OCH3 is 1. The van der Waals surface area contributed by atoms with Crippen LogP contribution in [0.3, 0.4) is 0 Å². The number of hydrogen-bond donors (Lipinski definition) is 1. The zero-order chi connectivity index (χ0) is 13.0. The van der Waals surface area contributed by atoms with Gasteiger partial charge in [0.2, 0.25) is 0 Å². The molecule has 18 heavy (non-hydrogen) atoms. The lowest BCUT2D eigenvalue weighted by Gasteiger charge is -2.16. The SMILES string of the molecule is COc1ccc(S(=O)CC(N)C2CCOC2)cc1. The van der Waals surface area contributed by atoms with Crippen LogP contribution in [0.4, 0.5) is 0 Å². The van der Waals surface area contributed by atoms with Crippen molar-refractivity contribution in [2.24, 2.45) is 11.7 Å². The third-order valence-electron chi connectivity index (χ3n) is 3.24. The lowest BCUT2D eigenvalue weighted by Crippen LogP contribution is -2.35. The zero-order valence-corrected chi connectivity index (χ0v) is 11.3. The highest BCUT2D eigenvalue weighted by Crippen LogP contribution is 2.19. The molecule has 0 aliphatic carbocycles. The number of rotatable bonds is 5. The Labute approximate surface area is 110 Å². The Morgan fingerprint density at radius 1 is 1.50 bits per heavy atom. The Bertz CT molecular complexity index is 401. The standard InChI is InChI=1S/C13H19NO3S/c1-16-11-2-4-12(5-3-11)18(15)9-13(14)10-6-7-17-8-10/h2-5,10,13H,6-9,14H2,1H3. The number of hydrogen-bond acceptors (Lipinski definition) is 4. The van der Waals surface area contributed by atoms with Crippen LogP contribution in [0, 0.1) is 5.92 Å². The number of ether oxygens (including phenoxy) is 2. The molecule has 1 aliphatic rings. The summed E-state index contributed by atoms with van der Waals surface area (Å²) in [6.07, 6.45) is 0.973. The van der Waals surface area contributed by atoms with Gasteiger partial charge in [0.05, 0.1) is 24.5 Å². The Morgan fingerprint density at radius 2 is 2.22 bits per heavy atom. The van der Waals surface area contributed by atoms with Gasteiger partial charge in [0, 0.05) is 29.2 Å². The van der Waals surface area contributed by atoms with E-state index < -0.39 is 10.8 Å². The van der Waals surface area contributed by atoms with Crippen LogP contribution in [0.5, 0.6) is 5.75 Å². The lowest BCUT2D eigenvalue weighted by molar-refractivity contribution is 0.182. The second-order valence-electron chi connectivity index (χ2n) is 4.48. The molecule has 0 aromatic heterocycles. The molecule has 2 N–H and O–H groups in total. The van der Waals surface area contributed by atoms with E-state index in [0.717, 1.165) is 23.7 Å². The molecule has 3 atom stereocenters.